The topological polar surface area (TPSA) is 63.2 Å². The second-order valence-corrected chi connectivity index (χ2v) is 6.37. The monoisotopic (exact) mass is 327 g/mol. The van der Waals surface area contributed by atoms with Crippen molar-refractivity contribution in [2.75, 3.05) is 6.54 Å². The molecule has 1 N–H and O–H groups in total. The summed E-state index contributed by atoms with van der Waals surface area (Å²) in [5.74, 6) is -2.15. The molecule has 1 aromatic carbocycles. The predicted molar refractivity (Wildman–Crippen MR) is 66.8 cm³/mol. The Kier molecular flexibility index (Phi) is 5.11. The standard InChI is InChI=1S/C12H13F4NO3S/c1-7(2)11(18)9-5-8(3-4-10(9)13)21(19,20)17-6-12(14,15)16/h3-5,7,17H,6H2,1-2H3. The molecule has 0 bridgehead atoms. The number of carbonyl (C=O) groups is 1. The van der Waals surface area contributed by atoms with Crippen molar-refractivity contribution >= 4 is 15.8 Å². The number of hydrogen-bond acceptors (Lipinski definition) is 3. The van der Waals surface area contributed by atoms with E-state index < -0.39 is 50.7 Å². The van der Waals surface area contributed by atoms with Crippen molar-refractivity contribution in [2.24, 2.45) is 5.92 Å². The van der Waals surface area contributed by atoms with Crippen molar-refractivity contribution in [1.82, 2.24) is 4.72 Å². The fraction of sp³-hybridized carbons (Fsp3) is 0.417. The molecule has 0 spiro atoms. The van der Waals surface area contributed by atoms with E-state index in [1.54, 1.807) is 0 Å². The van der Waals surface area contributed by atoms with Gasteiger partial charge >= 0.3 is 6.18 Å². The Morgan fingerprint density at radius 3 is 2.33 bits per heavy atom. The van der Waals surface area contributed by atoms with Gasteiger partial charge in [-0.3, -0.25) is 4.79 Å². The van der Waals surface area contributed by atoms with Gasteiger partial charge in [-0.25, -0.2) is 17.5 Å². The van der Waals surface area contributed by atoms with Gasteiger partial charge in [0.05, 0.1) is 10.5 Å². The normalized spacial score (nSPS) is 12.7. The van der Waals surface area contributed by atoms with Gasteiger partial charge in [-0.1, -0.05) is 13.8 Å². The number of carbonyl (C=O) groups excluding carboxylic acids is 1. The largest absolute Gasteiger partial charge is 0.402 e. The Morgan fingerprint density at radius 1 is 1.29 bits per heavy atom. The molecule has 0 unspecified atom stereocenters. The highest BCUT2D eigenvalue weighted by atomic mass is 32.2. The van der Waals surface area contributed by atoms with Crippen molar-refractivity contribution in [3.8, 4) is 0 Å². The molecule has 1 rings (SSSR count). The summed E-state index contributed by atoms with van der Waals surface area (Å²) in [5, 5.41) is 0. The first-order valence-corrected chi connectivity index (χ1v) is 7.32. The van der Waals surface area contributed by atoms with Gasteiger partial charge in [0, 0.05) is 5.92 Å². The average molecular weight is 327 g/mol. The molecule has 0 radical (unpaired) electrons. The lowest BCUT2D eigenvalue weighted by Crippen LogP contribution is -2.33. The molecule has 4 nitrogen and oxygen atoms in total. The molecule has 0 aromatic heterocycles. The smallest absolute Gasteiger partial charge is 0.294 e. The second-order valence-electron chi connectivity index (χ2n) is 4.60. The molecule has 1 aromatic rings. The van der Waals surface area contributed by atoms with Gasteiger partial charge in [0.2, 0.25) is 10.0 Å². The minimum atomic E-state index is -4.72. The Hall–Kier alpha value is -1.48. The first kappa shape index (κ1) is 17.6. The third-order valence-corrected chi connectivity index (χ3v) is 3.90. The van der Waals surface area contributed by atoms with E-state index in [9.17, 15) is 30.8 Å². The van der Waals surface area contributed by atoms with Crippen LogP contribution in [0.2, 0.25) is 0 Å². The van der Waals surface area contributed by atoms with Gasteiger partial charge in [0.1, 0.15) is 12.4 Å². The second kappa shape index (κ2) is 6.10. The highest BCUT2D eigenvalue weighted by Crippen LogP contribution is 2.19. The SMILES string of the molecule is CC(C)C(=O)c1cc(S(=O)(=O)NCC(F)(F)F)ccc1F. The fourth-order valence-corrected chi connectivity index (χ4v) is 2.47. The summed E-state index contributed by atoms with van der Waals surface area (Å²) < 4.78 is 74.4. The summed E-state index contributed by atoms with van der Waals surface area (Å²) >= 11 is 0. The predicted octanol–water partition coefficient (Wildman–Crippen LogP) is 2.51. The van der Waals surface area contributed by atoms with E-state index in [1.165, 1.54) is 18.6 Å². The van der Waals surface area contributed by atoms with E-state index in [1.807, 2.05) is 0 Å². The van der Waals surface area contributed by atoms with E-state index in [4.69, 9.17) is 0 Å². The lowest BCUT2D eigenvalue weighted by Gasteiger charge is -2.11. The molecular weight excluding hydrogens is 314 g/mol. The Labute approximate surface area is 119 Å². The van der Waals surface area contributed by atoms with Crippen molar-refractivity contribution in [3.05, 3.63) is 29.6 Å². The number of rotatable bonds is 5. The van der Waals surface area contributed by atoms with Gasteiger partial charge in [-0.2, -0.15) is 13.2 Å². The minimum absolute atomic E-state index is 0.472. The third kappa shape index (κ3) is 4.78. The number of Topliss-reactive ketones (excluding diaryl/α,β-unsaturated/α-hetero) is 1. The first-order chi connectivity index (χ1) is 9.44. The van der Waals surface area contributed by atoms with E-state index in [2.05, 4.69) is 0 Å². The van der Waals surface area contributed by atoms with Gasteiger partial charge in [0.25, 0.3) is 0 Å². The number of benzene rings is 1. The molecule has 0 saturated carbocycles. The number of nitrogens with one attached hydrogen (secondary N) is 1. The molecule has 0 aliphatic carbocycles. The maximum atomic E-state index is 13.5. The van der Waals surface area contributed by atoms with Crippen molar-refractivity contribution in [2.45, 2.75) is 24.9 Å². The summed E-state index contributed by atoms with van der Waals surface area (Å²) in [6.07, 6.45) is -4.72. The fourth-order valence-electron chi connectivity index (χ4n) is 1.43. The van der Waals surface area contributed by atoms with E-state index in [0.29, 0.717) is 0 Å². The maximum Gasteiger partial charge on any atom is 0.402 e. The van der Waals surface area contributed by atoms with Crippen molar-refractivity contribution in [3.63, 3.8) is 0 Å². The van der Waals surface area contributed by atoms with Crippen LogP contribution in [0.15, 0.2) is 23.1 Å². The molecule has 0 saturated heterocycles. The number of halogens is 4. The summed E-state index contributed by atoms with van der Waals surface area (Å²) in [5.41, 5.74) is -0.472. The molecule has 21 heavy (non-hydrogen) atoms. The Balaban J connectivity index is 3.15. The summed E-state index contributed by atoms with van der Waals surface area (Å²) in [7, 11) is -4.48. The van der Waals surface area contributed by atoms with Crippen LogP contribution in [0.25, 0.3) is 0 Å². The van der Waals surface area contributed by atoms with Crippen LogP contribution in [0.4, 0.5) is 17.6 Å². The maximum absolute atomic E-state index is 13.5. The van der Waals surface area contributed by atoms with Crippen LogP contribution in [0, 0.1) is 11.7 Å². The summed E-state index contributed by atoms with van der Waals surface area (Å²) in [6, 6.07) is 2.26. The van der Waals surface area contributed by atoms with E-state index >= 15 is 0 Å². The molecule has 0 fully saturated rings. The molecule has 0 atom stereocenters. The van der Waals surface area contributed by atoms with Crippen LogP contribution < -0.4 is 4.72 Å². The zero-order valence-electron chi connectivity index (χ0n) is 11.2. The minimum Gasteiger partial charge on any atom is -0.294 e. The van der Waals surface area contributed by atoms with E-state index in [-0.39, 0.29) is 0 Å². The third-order valence-electron chi connectivity index (χ3n) is 2.50. The van der Waals surface area contributed by atoms with Crippen LogP contribution in [-0.4, -0.2) is 26.9 Å². The number of hydrogen-bond donors (Lipinski definition) is 1. The summed E-state index contributed by atoms with van der Waals surface area (Å²) in [6.45, 7) is 1.23. The quantitative estimate of drug-likeness (QED) is 0.668. The van der Waals surface area contributed by atoms with Crippen LogP contribution in [-0.2, 0) is 10.0 Å². The number of ketones is 1. The number of sulfonamides is 1. The van der Waals surface area contributed by atoms with Gasteiger partial charge in [-0.15, -0.1) is 0 Å². The molecule has 0 aliphatic rings. The molecule has 0 heterocycles. The van der Waals surface area contributed by atoms with E-state index in [0.717, 1.165) is 18.2 Å². The molecule has 0 aliphatic heterocycles. The van der Waals surface area contributed by atoms with Crippen LogP contribution in [0.5, 0.6) is 0 Å². The van der Waals surface area contributed by atoms with Crippen LogP contribution in [0.1, 0.15) is 24.2 Å². The lowest BCUT2D eigenvalue weighted by atomic mass is 10.0. The zero-order chi connectivity index (χ0) is 16.4. The Bertz CT molecular complexity index is 638. The van der Waals surface area contributed by atoms with Gasteiger partial charge in [-0.05, 0) is 18.2 Å². The average Bonchev–Trinajstić information content (AvgIpc) is 2.35. The summed E-state index contributed by atoms with van der Waals surface area (Å²) in [4.78, 5) is 11.1. The molecule has 118 valence electrons. The van der Waals surface area contributed by atoms with Crippen molar-refractivity contribution < 1.29 is 30.8 Å². The zero-order valence-corrected chi connectivity index (χ0v) is 12.0. The highest BCUT2D eigenvalue weighted by Gasteiger charge is 2.30. The van der Waals surface area contributed by atoms with Gasteiger partial charge in [0.15, 0.2) is 5.78 Å². The van der Waals surface area contributed by atoms with Crippen molar-refractivity contribution in [1.29, 1.82) is 0 Å². The molecule has 9 heteroatoms. The highest BCUT2D eigenvalue weighted by molar-refractivity contribution is 7.89. The molecular formula is C12H13F4NO3S. The van der Waals surface area contributed by atoms with Crippen LogP contribution in [0.3, 0.4) is 0 Å². The molecule has 0 amide bonds. The lowest BCUT2D eigenvalue weighted by molar-refractivity contribution is -0.121. The first-order valence-electron chi connectivity index (χ1n) is 5.84. The Morgan fingerprint density at radius 2 is 1.86 bits per heavy atom. The van der Waals surface area contributed by atoms with Gasteiger partial charge < -0.3 is 0 Å². The van der Waals surface area contributed by atoms with Crippen LogP contribution >= 0.6 is 0 Å². The number of alkyl halides is 3.